The third-order valence-electron chi connectivity index (χ3n) is 3.85. The van der Waals surface area contributed by atoms with Gasteiger partial charge in [-0.15, -0.1) is 0 Å². The summed E-state index contributed by atoms with van der Waals surface area (Å²) in [6.45, 7) is 1.54. The lowest BCUT2D eigenvalue weighted by Crippen LogP contribution is -2.37. The quantitative estimate of drug-likeness (QED) is 0.891. The minimum absolute atomic E-state index is 0.00270. The zero-order valence-electron chi connectivity index (χ0n) is 13.2. The van der Waals surface area contributed by atoms with E-state index in [1.807, 2.05) is 0 Å². The van der Waals surface area contributed by atoms with Crippen LogP contribution in [0.3, 0.4) is 0 Å². The van der Waals surface area contributed by atoms with Crippen molar-refractivity contribution in [1.29, 1.82) is 0 Å². The number of aromatic nitrogens is 2. The molecule has 3 rings (SSSR count). The van der Waals surface area contributed by atoms with Crippen LogP contribution in [0.15, 0.2) is 28.8 Å². The second kappa shape index (κ2) is 6.96. The van der Waals surface area contributed by atoms with Crippen molar-refractivity contribution in [2.75, 3.05) is 13.2 Å². The van der Waals surface area contributed by atoms with Gasteiger partial charge in [-0.05, 0) is 18.2 Å². The molecule has 0 bridgehead atoms. The average molecular weight is 335 g/mol. The van der Waals surface area contributed by atoms with Gasteiger partial charge in [-0.25, -0.2) is 4.39 Å². The molecule has 7 nitrogen and oxygen atoms in total. The van der Waals surface area contributed by atoms with Crippen molar-refractivity contribution in [3.8, 4) is 5.75 Å². The number of likely N-dealkylation sites (tertiary alicyclic amines) is 1. The van der Waals surface area contributed by atoms with E-state index in [0.717, 1.165) is 0 Å². The van der Waals surface area contributed by atoms with Gasteiger partial charge < -0.3 is 19.3 Å². The van der Waals surface area contributed by atoms with Gasteiger partial charge in [0.1, 0.15) is 11.9 Å². The molecule has 0 saturated carbocycles. The lowest BCUT2D eigenvalue weighted by atomic mass is 10.1. The molecule has 1 N–H and O–H groups in total. The summed E-state index contributed by atoms with van der Waals surface area (Å²) in [4.78, 5) is 17.9. The van der Waals surface area contributed by atoms with Crippen LogP contribution in [0.5, 0.6) is 5.75 Å². The Morgan fingerprint density at radius 1 is 1.54 bits per heavy atom. The molecular weight excluding hydrogens is 317 g/mol. The summed E-state index contributed by atoms with van der Waals surface area (Å²) in [7, 11) is 0. The van der Waals surface area contributed by atoms with Crippen LogP contribution in [0.4, 0.5) is 4.39 Å². The second-order valence-electron chi connectivity index (χ2n) is 5.67. The fourth-order valence-corrected chi connectivity index (χ4v) is 2.71. The van der Waals surface area contributed by atoms with Crippen LogP contribution < -0.4 is 4.74 Å². The number of hydrogen-bond donors (Lipinski definition) is 1. The molecule has 2 atom stereocenters. The van der Waals surface area contributed by atoms with Crippen LogP contribution in [0.1, 0.15) is 28.5 Å². The van der Waals surface area contributed by atoms with Gasteiger partial charge in [0, 0.05) is 18.9 Å². The summed E-state index contributed by atoms with van der Waals surface area (Å²) < 4.78 is 23.9. The fourth-order valence-electron chi connectivity index (χ4n) is 2.71. The summed E-state index contributed by atoms with van der Waals surface area (Å²) in [5, 5.41) is 13.0. The monoisotopic (exact) mass is 335 g/mol. The van der Waals surface area contributed by atoms with E-state index < -0.39 is 12.2 Å². The number of aliphatic hydroxyl groups excluding tert-OH is 1. The normalized spacial score (nSPS) is 20.4. The molecule has 2 heterocycles. The topological polar surface area (TPSA) is 88.7 Å². The molecule has 1 aliphatic heterocycles. The van der Waals surface area contributed by atoms with Gasteiger partial charge in [-0.3, -0.25) is 4.79 Å². The molecule has 8 heteroatoms. The van der Waals surface area contributed by atoms with E-state index in [-0.39, 0.29) is 32.1 Å². The Kier molecular flexibility index (Phi) is 4.75. The number of benzene rings is 1. The highest BCUT2D eigenvalue weighted by molar-refractivity contribution is 5.95. The number of carbonyl (C=O) groups is 1. The van der Waals surface area contributed by atoms with Gasteiger partial charge in [0.2, 0.25) is 11.7 Å². The first kappa shape index (κ1) is 16.4. The molecule has 2 aromatic rings. The van der Waals surface area contributed by atoms with Gasteiger partial charge in [0.25, 0.3) is 5.91 Å². The number of alkyl halides is 1. The van der Waals surface area contributed by atoms with E-state index in [2.05, 4.69) is 10.1 Å². The summed E-state index contributed by atoms with van der Waals surface area (Å²) in [6, 6.07) is 6.11. The first-order valence-electron chi connectivity index (χ1n) is 7.64. The molecule has 0 unspecified atom stereocenters. The van der Waals surface area contributed by atoms with E-state index in [1.54, 1.807) is 31.2 Å². The molecule has 24 heavy (non-hydrogen) atoms. The van der Waals surface area contributed by atoms with Crippen molar-refractivity contribution in [3.63, 3.8) is 0 Å². The fraction of sp³-hybridized carbons (Fsp3) is 0.438. The van der Waals surface area contributed by atoms with E-state index >= 15 is 0 Å². The van der Waals surface area contributed by atoms with Crippen molar-refractivity contribution in [1.82, 2.24) is 15.0 Å². The highest BCUT2D eigenvalue weighted by atomic mass is 19.1. The van der Waals surface area contributed by atoms with Gasteiger partial charge in [0.15, 0.2) is 6.61 Å². The third kappa shape index (κ3) is 3.53. The summed E-state index contributed by atoms with van der Waals surface area (Å²) in [5.74, 6) is 1.00. The minimum Gasteiger partial charge on any atom is -0.485 e. The van der Waals surface area contributed by atoms with Crippen LogP contribution in [-0.4, -0.2) is 51.4 Å². The molecule has 1 aromatic heterocycles. The number of aliphatic hydroxyl groups is 1. The number of aryl methyl sites for hydroxylation is 1. The molecule has 1 fully saturated rings. The van der Waals surface area contributed by atoms with E-state index in [0.29, 0.717) is 23.0 Å². The maximum Gasteiger partial charge on any atom is 0.254 e. The van der Waals surface area contributed by atoms with E-state index in [9.17, 15) is 14.3 Å². The number of hydrogen-bond acceptors (Lipinski definition) is 6. The number of carbonyl (C=O) groups excluding carboxylic acids is 1. The molecule has 1 amide bonds. The predicted molar refractivity (Wildman–Crippen MR) is 81.2 cm³/mol. The second-order valence-corrected chi connectivity index (χ2v) is 5.67. The summed E-state index contributed by atoms with van der Waals surface area (Å²) in [6.07, 6.45) is -0.942. The number of amides is 1. The minimum atomic E-state index is -1.10. The Morgan fingerprint density at radius 2 is 2.38 bits per heavy atom. The lowest BCUT2D eigenvalue weighted by molar-refractivity contribution is 0.0672. The Balaban J connectivity index is 1.69. The van der Waals surface area contributed by atoms with Gasteiger partial charge in [0.05, 0.1) is 19.2 Å². The Morgan fingerprint density at radius 3 is 3.08 bits per heavy atom. The molecule has 0 radical (unpaired) electrons. The highest BCUT2D eigenvalue weighted by Crippen LogP contribution is 2.24. The van der Waals surface area contributed by atoms with Crippen LogP contribution in [0.2, 0.25) is 0 Å². The smallest absolute Gasteiger partial charge is 0.254 e. The van der Waals surface area contributed by atoms with E-state index in [1.165, 1.54) is 4.90 Å². The maximum absolute atomic E-state index is 13.5. The first-order chi connectivity index (χ1) is 11.6. The van der Waals surface area contributed by atoms with Crippen molar-refractivity contribution in [2.24, 2.45) is 0 Å². The maximum atomic E-state index is 13.5. The van der Waals surface area contributed by atoms with Crippen molar-refractivity contribution >= 4 is 5.91 Å². The zero-order valence-corrected chi connectivity index (χ0v) is 13.2. The number of ether oxygens (including phenoxy) is 1. The molecule has 128 valence electrons. The zero-order chi connectivity index (χ0) is 17.1. The van der Waals surface area contributed by atoms with Gasteiger partial charge in [-0.1, -0.05) is 11.2 Å². The molecule has 1 aliphatic rings. The molecule has 0 spiro atoms. The third-order valence-corrected chi connectivity index (χ3v) is 3.85. The largest absolute Gasteiger partial charge is 0.485 e. The molecular formula is C16H18FN3O4. The Labute approximate surface area is 138 Å². The summed E-state index contributed by atoms with van der Waals surface area (Å²) in [5.41, 5.74) is 0.379. The molecule has 1 saturated heterocycles. The van der Waals surface area contributed by atoms with Crippen molar-refractivity contribution < 1.29 is 23.6 Å². The average Bonchev–Trinajstić information content (AvgIpc) is 3.17. The number of nitrogens with zero attached hydrogens (tertiary/aromatic N) is 3. The SMILES string of the molecule is Cc1nc(COc2cccc(C(=O)N3C[C@@H](F)C[C@H]3CO)c2)no1. The Hall–Kier alpha value is -2.48. The van der Waals surface area contributed by atoms with Crippen LogP contribution in [0.25, 0.3) is 0 Å². The number of rotatable bonds is 5. The van der Waals surface area contributed by atoms with Gasteiger partial charge >= 0.3 is 0 Å². The predicted octanol–water partition coefficient (Wildman–Crippen LogP) is 1.50. The van der Waals surface area contributed by atoms with Crippen molar-refractivity contribution in [2.45, 2.75) is 32.2 Å². The van der Waals surface area contributed by atoms with E-state index in [4.69, 9.17) is 9.26 Å². The first-order valence-corrected chi connectivity index (χ1v) is 7.64. The van der Waals surface area contributed by atoms with Crippen LogP contribution in [-0.2, 0) is 6.61 Å². The highest BCUT2D eigenvalue weighted by Gasteiger charge is 2.35. The lowest BCUT2D eigenvalue weighted by Gasteiger charge is -2.22. The van der Waals surface area contributed by atoms with Gasteiger partial charge in [-0.2, -0.15) is 4.98 Å². The van der Waals surface area contributed by atoms with Crippen molar-refractivity contribution in [3.05, 3.63) is 41.5 Å². The molecule has 0 aliphatic carbocycles. The summed E-state index contributed by atoms with van der Waals surface area (Å²) >= 11 is 0. The van der Waals surface area contributed by atoms with Crippen LogP contribution in [0, 0.1) is 6.92 Å². The number of halogens is 1. The molecule has 1 aromatic carbocycles. The van der Waals surface area contributed by atoms with Crippen LogP contribution >= 0.6 is 0 Å². The standard InChI is InChI=1S/C16H18FN3O4/c1-10-18-15(19-24-10)9-23-14-4-2-3-11(5-14)16(22)20-7-12(17)6-13(20)8-21/h2-5,12-13,21H,6-9H2,1H3/t12-,13-/m0/s1. The Bertz CT molecular complexity index is 721.